The Kier molecular flexibility index (Phi) is 6.49. The van der Waals surface area contributed by atoms with Gasteiger partial charge < -0.3 is 4.74 Å². The van der Waals surface area contributed by atoms with Crippen LogP contribution in [0.5, 0.6) is 0 Å². The first kappa shape index (κ1) is 14.4. The lowest BCUT2D eigenvalue weighted by molar-refractivity contribution is 0.0513. The Morgan fingerprint density at radius 2 is 2.29 bits per heavy atom. The Hall–Kier alpha value is -0.630. The number of rotatable bonds is 5. The molecule has 1 N–H and O–H groups in total. The lowest BCUT2D eigenvalue weighted by Gasteiger charge is -2.26. The van der Waals surface area contributed by atoms with Crippen LogP contribution in [-0.4, -0.2) is 49.3 Å². The van der Waals surface area contributed by atoms with Gasteiger partial charge in [-0.25, -0.2) is 0 Å². The lowest BCUT2D eigenvalue weighted by Crippen LogP contribution is -2.44. The first-order valence-corrected chi connectivity index (χ1v) is 6.65. The Bertz CT molecular complexity index is 250. The van der Waals surface area contributed by atoms with E-state index in [0.717, 1.165) is 39.1 Å². The fraction of sp³-hybridized carbons (Fsp3) is 0.923. The van der Waals surface area contributed by atoms with Crippen LogP contribution in [0.4, 0.5) is 0 Å². The van der Waals surface area contributed by atoms with E-state index in [1.807, 2.05) is 0 Å². The van der Waals surface area contributed by atoms with Crippen molar-refractivity contribution in [3.63, 3.8) is 0 Å². The first-order valence-electron chi connectivity index (χ1n) is 6.65. The van der Waals surface area contributed by atoms with Crippen molar-refractivity contribution in [2.75, 3.05) is 26.2 Å². The first-order chi connectivity index (χ1) is 8.15. The van der Waals surface area contributed by atoms with Gasteiger partial charge in [0.05, 0.1) is 12.2 Å². The standard InChI is InChI=1S/C13H25N3O/c1-4-13-10-16(6-5-7-17-13)9-12(8-14)15-11(2)3/h11-13,15H,4-7,9-10H2,1-3H3. The molecule has 0 spiro atoms. The van der Waals surface area contributed by atoms with Gasteiger partial charge in [0.15, 0.2) is 0 Å². The highest BCUT2D eigenvalue weighted by atomic mass is 16.5. The van der Waals surface area contributed by atoms with Crippen molar-refractivity contribution in [1.29, 1.82) is 5.26 Å². The van der Waals surface area contributed by atoms with Crippen LogP contribution >= 0.6 is 0 Å². The van der Waals surface area contributed by atoms with Crippen LogP contribution in [0.3, 0.4) is 0 Å². The van der Waals surface area contributed by atoms with Gasteiger partial charge in [0.1, 0.15) is 6.04 Å². The molecular formula is C13H25N3O. The predicted molar refractivity (Wildman–Crippen MR) is 68.8 cm³/mol. The van der Waals surface area contributed by atoms with Gasteiger partial charge in [-0.15, -0.1) is 0 Å². The van der Waals surface area contributed by atoms with Crippen LogP contribution in [0.25, 0.3) is 0 Å². The molecule has 4 heteroatoms. The summed E-state index contributed by atoms with van der Waals surface area (Å²) < 4.78 is 5.73. The molecule has 0 radical (unpaired) electrons. The molecule has 1 saturated heterocycles. The van der Waals surface area contributed by atoms with E-state index in [2.05, 4.69) is 37.1 Å². The summed E-state index contributed by atoms with van der Waals surface area (Å²) in [5, 5.41) is 12.4. The van der Waals surface area contributed by atoms with E-state index in [-0.39, 0.29) is 6.04 Å². The van der Waals surface area contributed by atoms with Crippen molar-refractivity contribution in [2.45, 2.75) is 51.8 Å². The molecular weight excluding hydrogens is 214 g/mol. The molecule has 0 aromatic carbocycles. The smallest absolute Gasteiger partial charge is 0.108 e. The topological polar surface area (TPSA) is 48.3 Å². The molecule has 4 nitrogen and oxygen atoms in total. The summed E-state index contributed by atoms with van der Waals surface area (Å²) >= 11 is 0. The molecule has 1 aliphatic rings. The molecule has 0 aliphatic carbocycles. The van der Waals surface area contributed by atoms with Gasteiger partial charge in [-0.1, -0.05) is 6.92 Å². The van der Waals surface area contributed by atoms with Crippen molar-refractivity contribution >= 4 is 0 Å². The van der Waals surface area contributed by atoms with E-state index in [4.69, 9.17) is 10.00 Å². The lowest BCUT2D eigenvalue weighted by atomic mass is 10.2. The number of hydrogen-bond acceptors (Lipinski definition) is 4. The molecule has 1 fully saturated rings. The van der Waals surface area contributed by atoms with Gasteiger partial charge in [0.25, 0.3) is 0 Å². The van der Waals surface area contributed by atoms with Gasteiger partial charge >= 0.3 is 0 Å². The third-order valence-electron chi connectivity index (χ3n) is 3.02. The van der Waals surface area contributed by atoms with Crippen LogP contribution < -0.4 is 5.32 Å². The van der Waals surface area contributed by atoms with Crippen LogP contribution in [0, 0.1) is 11.3 Å². The SMILES string of the molecule is CCC1CN(CC(C#N)NC(C)C)CCCO1. The number of nitrogens with zero attached hydrogens (tertiary/aromatic N) is 2. The van der Waals surface area contributed by atoms with Gasteiger partial charge in [-0.05, 0) is 26.7 Å². The number of hydrogen-bond donors (Lipinski definition) is 1. The molecule has 0 amide bonds. The van der Waals surface area contributed by atoms with Crippen LogP contribution in [0.15, 0.2) is 0 Å². The Morgan fingerprint density at radius 3 is 2.88 bits per heavy atom. The van der Waals surface area contributed by atoms with E-state index in [1.165, 1.54) is 0 Å². The highest BCUT2D eigenvalue weighted by molar-refractivity contribution is 4.93. The second-order valence-electron chi connectivity index (χ2n) is 5.02. The van der Waals surface area contributed by atoms with Gasteiger partial charge in [0, 0.05) is 32.3 Å². The fourth-order valence-electron chi connectivity index (χ4n) is 2.17. The quantitative estimate of drug-likeness (QED) is 0.787. The maximum atomic E-state index is 9.13. The summed E-state index contributed by atoms with van der Waals surface area (Å²) in [6.45, 7) is 9.94. The zero-order chi connectivity index (χ0) is 12.7. The highest BCUT2D eigenvalue weighted by Crippen LogP contribution is 2.09. The fourth-order valence-corrected chi connectivity index (χ4v) is 2.17. The normalized spacial score (nSPS) is 24.3. The minimum Gasteiger partial charge on any atom is -0.377 e. The minimum absolute atomic E-state index is 0.0781. The van der Waals surface area contributed by atoms with E-state index in [9.17, 15) is 0 Å². The molecule has 0 aromatic heterocycles. The second kappa shape index (κ2) is 7.65. The van der Waals surface area contributed by atoms with Crippen LogP contribution in [0.1, 0.15) is 33.6 Å². The van der Waals surface area contributed by atoms with Crippen LogP contribution in [0.2, 0.25) is 0 Å². The van der Waals surface area contributed by atoms with Gasteiger partial charge in [0.2, 0.25) is 0 Å². The molecule has 0 saturated carbocycles. The summed E-state index contributed by atoms with van der Waals surface area (Å²) in [5.74, 6) is 0. The summed E-state index contributed by atoms with van der Waals surface area (Å²) in [7, 11) is 0. The van der Waals surface area contributed by atoms with E-state index in [0.29, 0.717) is 12.1 Å². The Balaban J connectivity index is 2.44. The molecule has 98 valence electrons. The summed E-state index contributed by atoms with van der Waals surface area (Å²) in [4.78, 5) is 2.35. The van der Waals surface area contributed by atoms with E-state index in [1.54, 1.807) is 0 Å². The summed E-state index contributed by atoms with van der Waals surface area (Å²) in [6.07, 6.45) is 2.44. The molecule has 2 atom stereocenters. The van der Waals surface area contributed by atoms with Crippen molar-refractivity contribution < 1.29 is 4.74 Å². The highest BCUT2D eigenvalue weighted by Gasteiger charge is 2.20. The molecule has 1 rings (SSSR count). The molecule has 0 aromatic rings. The van der Waals surface area contributed by atoms with E-state index < -0.39 is 0 Å². The maximum absolute atomic E-state index is 9.13. The number of nitrogens with one attached hydrogen (secondary N) is 1. The van der Waals surface area contributed by atoms with Crippen LogP contribution in [-0.2, 0) is 4.74 Å². The molecule has 1 heterocycles. The van der Waals surface area contributed by atoms with Gasteiger partial charge in [-0.3, -0.25) is 10.2 Å². The zero-order valence-corrected chi connectivity index (χ0v) is 11.3. The molecule has 1 aliphatic heterocycles. The average molecular weight is 239 g/mol. The van der Waals surface area contributed by atoms with Crippen molar-refractivity contribution in [1.82, 2.24) is 10.2 Å². The largest absolute Gasteiger partial charge is 0.377 e. The van der Waals surface area contributed by atoms with Crippen molar-refractivity contribution in [3.05, 3.63) is 0 Å². The Labute approximate surface area is 105 Å². The summed E-state index contributed by atoms with van der Waals surface area (Å²) in [6, 6.07) is 2.61. The maximum Gasteiger partial charge on any atom is 0.108 e. The summed E-state index contributed by atoms with van der Waals surface area (Å²) in [5.41, 5.74) is 0. The van der Waals surface area contributed by atoms with E-state index >= 15 is 0 Å². The number of nitriles is 1. The predicted octanol–water partition coefficient (Wildman–Crippen LogP) is 1.38. The monoisotopic (exact) mass is 239 g/mol. The second-order valence-corrected chi connectivity index (χ2v) is 5.02. The average Bonchev–Trinajstić information content (AvgIpc) is 2.52. The molecule has 2 unspecified atom stereocenters. The third-order valence-corrected chi connectivity index (χ3v) is 3.02. The third kappa shape index (κ3) is 5.49. The molecule has 0 bridgehead atoms. The van der Waals surface area contributed by atoms with Crippen molar-refractivity contribution in [3.8, 4) is 6.07 Å². The number of ether oxygens (including phenoxy) is 1. The molecule has 17 heavy (non-hydrogen) atoms. The Morgan fingerprint density at radius 1 is 1.53 bits per heavy atom. The van der Waals surface area contributed by atoms with Gasteiger partial charge in [-0.2, -0.15) is 5.26 Å². The zero-order valence-electron chi connectivity index (χ0n) is 11.3. The minimum atomic E-state index is -0.0781. The van der Waals surface area contributed by atoms with Crippen molar-refractivity contribution in [2.24, 2.45) is 0 Å².